The van der Waals surface area contributed by atoms with Gasteiger partial charge in [0, 0.05) is 24.8 Å². The first-order valence-electron chi connectivity index (χ1n) is 17.0. The van der Waals surface area contributed by atoms with E-state index in [2.05, 4.69) is 13.8 Å². The number of nitrogens with zero attached hydrogens (tertiary/aromatic N) is 3. The van der Waals surface area contributed by atoms with E-state index in [-0.39, 0.29) is 36.3 Å². The summed E-state index contributed by atoms with van der Waals surface area (Å²) in [6.45, 7) is 9.08. The number of rotatable bonds is 9. The molecule has 0 aromatic heterocycles. The first-order valence-corrected chi connectivity index (χ1v) is 17.0. The van der Waals surface area contributed by atoms with Gasteiger partial charge in [-0.3, -0.25) is 14.4 Å². The Morgan fingerprint density at radius 2 is 1.64 bits per heavy atom. The molecule has 1 N–H and O–H groups in total. The minimum atomic E-state index is -1.33. The summed E-state index contributed by atoms with van der Waals surface area (Å²) in [5, 5.41) is 10.7. The van der Waals surface area contributed by atoms with Crippen LogP contribution in [0.4, 0.5) is 5.69 Å². The van der Waals surface area contributed by atoms with Gasteiger partial charge in [0.25, 0.3) is 0 Å². The Hall–Kier alpha value is -3.17. The molecular formula is C36H49N3O6. The van der Waals surface area contributed by atoms with Gasteiger partial charge in [-0.2, -0.15) is 0 Å². The molecule has 3 amide bonds. The van der Waals surface area contributed by atoms with Crippen molar-refractivity contribution in [1.29, 1.82) is 0 Å². The Labute approximate surface area is 267 Å². The number of likely N-dealkylation sites (tertiary alicyclic amines) is 1. The number of aliphatic hydroxyl groups is 1. The van der Waals surface area contributed by atoms with Gasteiger partial charge in [-0.1, -0.05) is 64.3 Å². The Morgan fingerprint density at radius 3 is 2.29 bits per heavy atom. The predicted octanol–water partition coefficient (Wildman–Crippen LogP) is 4.49. The highest BCUT2D eigenvalue weighted by Crippen LogP contribution is 2.59. The largest absolute Gasteiger partial charge is 0.494 e. The SMILES string of the molecule is CCOc1ccc(N2CC=C[C@]3(CC)O[C@]45C=CCN(C6CCCCC6)C(=O)C4N([C@@H](CO)CC(C)C)C(=O)[C@@H]5[C@@H]3C2=O)cc1. The third-order valence-corrected chi connectivity index (χ3v) is 10.7. The van der Waals surface area contributed by atoms with Crippen molar-refractivity contribution in [2.45, 2.75) is 102 Å². The van der Waals surface area contributed by atoms with Crippen LogP contribution in [-0.2, 0) is 19.1 Å². The monoisotopic (exact) mass is 619 g/mol. The van der Waals surface area contributed by atoms with Crippen molar-refractivity contribution in [1.82, 2.24) is 9.80 Å². The van der Waals surface area contributed by atoms with E-state index in [0.29, 0.717) is 38.2 Å². The zero-order valence-electron chi connectivity index (χ0n) is 27.2. The number of carbonyl (C=O) groups excluding carboxylic acids is 3. The molecule has 0 radical (unpaired) electrons. The lowest BCUT2D eigenvalue weighted by molar-refractivity contribution is -0.157. The van der Waals surface area contributed by atoms with Crippen LogP contribution in [0.1, 0.15) is 72.6 Å². The number of benzene rings is 1. The van der Waals surface area contributed by atoms with Crippen molar-refractivity contribution >= 4 is 23.4 Å². The van der Waals surface area contributed by atoms with Crippen LogP contribution in [0.25, 0.3) is 0 Å². The highest BCUT2D eigenvalue weighted by Gasteiger charge is 2.76. The molecule has 3 fully saturated rings. The number of carbonyl (C=O) groups is 3. The zero-order chi connectivity index (χ0) is 31.9. The average Bonchev–Trinajstić information content (AvgIpc) is 3.33. The smallest absolute Gasteiger partial charge is 0.249 e. The highest BCUT2D eigenvalue weighted by molar-refractivity contribution is 6.04. The molecule has 9 nitrogen and oxygen atoms in total. The number of hydrogen-bond donors (Lipinski definition) is 1. The van der Waals surface area contributed by atoms with Gasteiger partial charge in [0.05, 0.1) is 36.7 Å². The molecule has 1 unspecified atom stereocenters. The van der Waals surface area contributed by atoms with E-state index in [1.807, 2.05) is 67.3 Å². The third-order valence-electron chi connectivity index (χ3n) is 10.7. The van der Waals surface area contributed by atoms with Crippen molar-refractivity contribution in [3.8, 4) is 5.75 Å². The van der Waals surface area contributed by atoms with E-state index in [9.17, 15) is 19.5 Å². The second kappa shape index (κ2) is 12.6. The molecule has 2 saturated heterocycles. The molecule has 6 atom stereocenters. The third kappa shape index (κ3) is 5.20. The van der Waals surface area contributed by atoms with E-state index in [1.54, 1.807) is 9.80 Å². The lowest BCUT2D eigenvalue weighted by atomic mass is 9.73. The summed E-state index contributed by atoms with van der Waals surface area (Å²) in [5.74, 6) is -1.45. The summed E-state index contributed by atoms with van der Waals surface area (Å²) in [7, 11) is 0. The van der Waals surface area contributed by atoms with Crippen molar-refractivity contribution in [3.63, 3.8) is 0 Å². The van der Waals surface area contributed by atoms with Crippen LogP contribution in [0.2, 0.25) is 0 Å². The Bertz CT molecular complexity index is 1340. The van der Waals surface area contributed by atoms with Gasteiger partial charge < -0.3 is 29.3 Å². The lowest BCUT2D eigenvalue weighted by Crippen LogP contribution is -2.60. The van der Waals surface area contributed by atoms with Crippen LogP contribution in [0.15, 0.2) is 48.6 Å². The molecule has 244 valence electrons. The van der Waals surface area contributed by atoms with Crippen molar-refractivity contribution in [3.05, 3.63) is 48.6 Å². The van der Waals surface area contributed by atoms with Crippen LogP contribution in [-0.4, -0.2) is 88.3 Å². The first-order chi connectivity index (χ1) is 21.7. The number of hydrogen-bond acceptors (Lipinski definition) is 6. The summed E-state index contributed by atoms with van der Waals surface area (Å²) < 4.78 is 12.8. The topological polar surface area (TPSA) is 99.6 Å². The van der Waals surface area contributed by atoms with Crippen molar-refractivity contribution < 1.29 is 29.0 Å². The minimum absolute atomic E-state index is 0.100. The summed E-state index contributed by atoms with van der Waals surface area (Å²) in [6.07, 6.45) is 14.0. The van der Waals surface area contributed by atoms with Gasteiger partial charge in [0.2, 0.25) is 17.7 Å². The fourth-order valence-corrected chi connectivity index (χ4v) is 8.77. The van der Waals surface area contributed by atoms with E-state index < -0.39 is 35.1 Å². The maximum Gasteiger partial charge on any atom is 0.249 e. The molecule has 4 heterocycles. The van der Waals surface area contributed by atoms with Gasteiger partial charge in [0.15, 0.2) is 0 Å². The predicted molar refractivity (Wildman–Crippen MR) is 172 cm³/mol. The number of aliphatic hydroxyl groups excluding tert-OH is 1. The Balaban J connectivity index is 1.46. The summed E-state index contributed by atoms with van der Waals surface area (Å²) in [6, 6.07) is 6.02. The maximum atomic E-state index is 14.9. The molecule has 4 aliphatic heterocycles. The number of anilines is 1. The van der Waals surface area contributed by atoms with E-state index in [1.165, 1.54) is 6.42 Å². The van der Waals surface area contributed by atoms with Crippen LogP contribution in [0.3, 0.4) is 0 Å². The van der Waals surface area contributed by atoms with Crippen LogP contribution in [0, 0.1) is 17.8 Å². The first kappa shape index (κ1) is 31.8. The molecule has 45 heavy (non-hydrogen) atoms. The number of amides is 3. The zero-order valence-corrected chi connectivity index (χ0v) is 27.2. The molecule has 1 aromatic rings. The second-order valence-electron chi connectivity index (χ2n) is 13.8. The summed E-state index contributed by atoms with van der Waals surface area (Å²) >= 11 is 0. The molecular weight excluding hydrogens is 570 g/mol. The second-order valence-corrected chi connectivity index (χ2v) is 13.8. The molecule has 0 bridgehead atoms. The Kier molecular flexibility index (Phi) is 8.87. The lowest BCUT2D eigenvalue weighted by Gasteiger charge is -2.42. The standard InChI is InChI=1S/C36H49N3O6/c1-5-35-18-10-20-37(26-14-16-28(17-15-26)44-6-2)32(41)29(35)30-33(42)39(27(23-40)22-24(3)4)31-34(43)38(25-12-8-7-9-13-25)21-11-19-36(30,31)45-35/h10-11,14-19,24-25,27,29-31,40H,5-9,12-13,20-23H2,1-4H3/t27-,29-,30+,31?,35+,36+/m1/s1. The normalized spacial score (nSPS) is 32.4. The molecule has 5 aliphatic rings. The van der Waals surface area contributed by atoms with E-state index in [4.69, 9.17) is 9.47 Å². The average molecular weight is 620 g/mol. The highest BCUT2D eigenvalue weighted by atomic mass is 16.5. The quantitative estimate of drug-likeness (QED) is 0.409. The number of fused-ring (bicyclic) bond motifs is 2. The van der Waals surface area contributed by atoms with Crippen LogP contribution in [0.5, 0.6) is 5.75 Å². The van der Waals surface area contributed by atoms with Crippen molar-refractivity contribution in [2.75, 3.05) is 31.2 Å². The summed E-state index contributed by atoms with van der Waals surface area (Å²) in [4.78, 5) is 49.9. The van der Waals surface area contributed by atoms with Gasteiger partial charge in [-0.15, -0.1) is 0 Å². The van der Waals surface area contributed by atoms with Gasteiger partial charge in [-0.25, -0.2) is 0 Å². The molecule has 1 aromatic carbocycles. The molecule has 1 spiro atoms. The number of ether oxygens (including phenoxy) is 2. The van der Waals surface area contributed by atoms with Crippen LogP contribution >= 0.6 is 0 Å². The maximum absolute atomic E-state index is 14.9. The fourth-order valence-electron chi connectivity index (χ4n) is 8.77. The van der Waals surface area contributed by atoms with E-state index >= 15 is 0 Å². The Morgan fingerprint density at radius 1 is 0.933 bits per heavy atom. The fraction of sp³-hybridized carbons (Fsp3) is 0.639. The molecule has 1 aliphatic carbocycles. The minimum Gasteiger partial charge on any atom is -0.494 e. The summed E-state index contributed by atoms with van der Waals surface area (Å²) in [5.41, 5.74) is -1.67. The molecule has 1 saturated carbocycles. The van der Waals surface area contributed by atoms with Gasteiger partial charge in [0.1, 0.15) is 17.4 Å². The molecule has 6 rings (SSSR count). The van der Waals surface area contributed by atoms with E-state index in [0.717, 1.165) is 31.4 Å². The van der Waals surface area contributed by atoms with Crippen molar-refractivity contribution in [2.24, 2.45) is 17.8 Å². The van der Waals surface area contributed by atoms with Crippen LogP contribution < -0.4 is 9.64 Å². The van der Waals surface area contributed by atoms with Gasteiger partial charge >= 0.3 is 0 Å². The van der Waals surface area contributed by atoms with Gasteiger partial charge in [-0.05, 0) is 62.8 Å². The molecule has 9 heteroatoms.